The number of aromatic hydroxyl groups is 1. The van der Waals surface area contributed by atoms with E-state index < -0.39 is 5.56 Å². The highest BCUT2D eigenvalue weighted by Crippen LogP contribution is 2.21. The summed E-state index contributed by atoms with van der Waals surface area (Å²) in [6.45, 7) is 2.99. The number of hydrogen-bond acceptors (Lipinski definition) is 5. The van der Waals surface area contributed by atoms with Gasteiger partial charge in [0.05, 0.1) is 19.3 Å². The molecule has 0 radical (unpaired) electrons. The van der Waals surface area contributed by atoms with E-state index in [1.165, 1.54) is 10.6 Å². The minimum Gasteiger partial charge on any atom is -0.508 e. The maximum atomic E-state index is 12.6. The van der Waals surface area contributed by atoms with Crippen LogP contribution in [0.5, 0.6) is 5.75 Å². The summed E-state index contributed by atoms with van der Waals surface area (Å²) in [7, 11) is 1.83. The fourth-order valence-electron chi connectivity index (χ4n) is 2.83. The van der Waals surface area contributed by atoms with Crippen molar-refractivity contribution in [3.05, 3.63) is 46.1 Å². The molecular weight excluding hydrogens is 312 g/mol. The highest BCUT2D eigenvalue weighted by atomic mass is 16.5. The first-order valence-corrected chi connectivity index (χ1v) is 7.72. The molecule has 8 heteroatoms. The van der Waals surface area contributed by atoms with E-state index in [-0.39, 0.29) is 24.3 Å². The van der Waals surface area contributed by atoms with Crippen LogP contribution in [-0.2, 0) is 23.1 Å². The zero-order valence-electron chi connectivity index (χ0n) is 13.7. The number of carbonyl (C=O) groups excluding carboxylic acids is 1. The molecular formula is C16H20N4O4. The van der Waals surface area contributed by atoms with Crippen molar-refractivity contribution in [2.45, 2.75) is 19.6 Å². The molecule has 1 fully saturated rings. The zero-order chi connectivity index (χ0) is 17.3. The van der Waals surface area contributed by atoms with Gasteiger partial charge >= 0.3 is 0 Å². The summed E-state index contributed by atoms with van der Waals surface area (Å²) < 4.78 is 8.77. The van der Waals surface area contributed by atoms with Crippen LogP contribution in [0.15, 0.2) is 29.3 Å². The maximum absolute atomic E-state index is 12.6. The molecule has 8 nitrogen and oxygen atoms in total. The van der Waals surface area contributed by atoms with Crippen molar-refractivity contribution in [2.24, 2.45) is 7.05 Å². The third kappa shape index (κ3) is 3.33. The lowest BCUT2D eigenvalue weighted by atomic mass is 10.1. The van der Waals surface area contributed by atoms with Crippen molar-refractivity contribution in [1.82, 2.24) is 19.2 Å². The summed E-state index contributed by atoms with van der Waals surface area (Å²) in [5.74, 6) is -0.243. The Bertz CT molecular complexity index is 811. The lowest BCUT2D eigenvalue weighted by Crippen LogP contribution is -2.44. The van der Waals surface area contributed by atoms with Crippen LogP contribution in [0.1, 0.15) is 17.4 Å². The Morgan fingerprint density at radius 3 is 2.92 bits per heavy atom. The first-order valence-electron chi connectivity index (χ1n) is 7.72. The van der Waals surface area contributed by atoms with E-state index in [0.29, 0.717) is 25.4 Å². The Hall–Kier alpha value is -2.61. The second kappa shape index (κ2) is 6.48. The first kappa shape index (κ1) is 16.3. The standard InChI is InChI=1S/C16H20N4O4/c1-11-5-13(21)6-15(22)20(11)10-16(23)19-3-4-24-14(9-19)12-7-17-18(2)8-12/h5-8,14,21H,3-4,9-10H2,1-2H3. The highest BCUT2D eigenvalue weighted by Gasteiger charge is 2.26. The molecule has 0 spiro atoms. The summed E-state index contributed by atoms with van der Waals surface area (Å²) in [5, 5.41) is 13.6. The van der Waals surface area contributed by atoms with Crippen LogP contribution in [0.25, 0.3) is 0 Å². The van der Waals surface area contributed by atoms with Crippen molar-refractivity contribution in [1.29, 1.82) is 0 Å². The molecule has 3 heterocycles. The smallest absolute Gasteiger partial charge is 0.254 e. The quantitative estimate of drug-likeness (QED) is 0.867. The number of aromatic nitrogens is 3. The van der Waals surface area contributed by atoms with Gasteiger partial charge in [-0.2, -0.15) is 5.10 Å². The predicted octanol–water partition coefficient (Wildman–Crippen LogP) is 0.196. The average Bonchev–Trinajstić information content (AvgIpc) is 2.97. The van der Waals surface area contributed by atoms with Crippen LogP contribution in [0, 0.1) is 6.92 Å². The van der Waals surface area contributed by atoms with Crippen LogP contribution in [0.4, 0.5) is 0 Å². The SMILES string of the molecule is Cc1cc(O)cc(=O)n1CC(=O)N1CCOC(c2cnn(C)c2)C1. The number of pyridine rings is 1. The van der Waals surface area contributed by atoms with E-state index in [1.54, 1.807) is 22.7 Å². The van der Waals surface area contributed by atoms with Crippen molar-refractivity contribution in [2.75, 3.05) is 19.7 Å². The fourth-order valence-corrected chi connectivity index (χ4v) is 2.83. The molecule has 24 heavy (non-hydrogen) atoms. The van der Waals surface area contributed by atoms with Crippen LogP contribution in [0.2, 0.25) is 0 Å². The van der Waals surface area contributed by atoms with Gasteiger partial charge in [0.25, 0.3) is 5.56 Å². The molecule has 1 aliphatic rings. The zero-order valence-corrected chi connectivity index (χ0v) is 13.7. The van der Waals surface area contributed by atoms with Gasteiger partial charge in [-0.15, -0.1) is 0 Å². The van der Waals surface area contributed by atoms with Gasteiger partial charge in [0.15, 0.2) is 0 Å². The summed E-state index contributed by atoms with van der Waals surface area (Å²) in [5.41, 5.74) is 1.08. The molecule has 2 aromatic heterocycles. The molecule has 1 amide bonds. The normalized spacial score (nSPS) is 17.9. The van der Waals surface area contributed by atoms with E-state index in [9.17, 15) is 14.7 Å². The third-order valence-electron chi connectivity index (χ3n) is 4.13. The monoisotopic (exact) mass is 332 g/mol. The van der Waals surface area contributed by atoms with Gasteiger partial charge in [-0.1, -0.05) is 0 Å². The molecule has 0 bridgehead atoms. The molecule has 0 saturated carbocycles. The molecule has 1 atom stereocenters. The Morgan fingerprint density at radius 1 is 1.46 bits per heavy atom. The summed E-state index contributed by atoms with van der Waals surface area (Å²) in [6, 6.07) is 2.57. The van der Waals surface area contributed by atoms with Crippen molar-refractivity contribution in [3.8, 4) is 5.75 Å². The molecule has 1 saturated heterocycles. The molecule has 3 rings (SSSR count). The van der Waals surface area contributed by atoms with E-state index in [0.717, 1.165) is 11.6 Å². The molecule has 1 aliphatic heterocycles. The molecule has 128 valence electrons. The van der Waals surface area contributed by atoms with Crippen molar-refractivity contribution in [3.63, 3.8) is 0 Å². The van der Waals surface area contributed by atoms with E-state index in [1.807, 2.05) is 13.2 Å². The van der Waals surface area contributed by atoms with Gasteiger partial charge in [0.1, 0.15) is 18.4 Å². The van der Waals surface area contributed by atoms with E-state index in [2.05, 4.69) is 5.10 Å². The summed E-state index contributed by atoms with van der Waals surface area (Å²) >= 11 is 0. The largest absolute Gasteiger partial charge is 0.508 e. The van der Waals surface area contributed by atoms with Crippen molar-refractivity contribution < 1.29 is 14.6 Å². The Kier molecular flexibility index (Phi) is 4.39. The number of rotatable bonds is 3. The minimum absolute atomic E-state index is 0.0509. The van der Waals surface area contributed by atoms with Crippen LogP contribution >= 0.6 is 0 Å². The average molecular weight is 332 g/mol. The van der Waals surface area contributed by atoms with Gasteiger partial charge in [-0.25, -0.2) is 0 Å². The number of hydrogen-bond donors (Lipinski definition) is 1. The number of aryl methyl sites for hydroxylation is 2. The van der Waals surface area contributed by atoms with Crippen LogP contribution in [-0.4, -0.2) is 50.0 Å². The summed E-state index contributed by atoms with van der Waals surface area (Å²) in [4.78, 5) is 26.2. The fraction of sp³-hybridized carbons (Fsp3) is 0.438. The van der Waals surface area contributed by atoms with Crippen LogP contribution in [0.3, 0.4) is 0 Å². The van der Waals surface area contributed by atoms with E-state index >= 15 is 0 Å². The molecule has 1 unspecified atom stereocenters. The molecule has 2 aromatic rings. The van der Waals surface area contributed by atoms with Gasteiger partial charge in [0.2, 0.25) is 5.91 Å². The lowest BCUT2D eigenvalue weighted by Gasteiger charge is -2.32. The number of nitrogens with zero attached hydrogens (tertiary/aromatic N) is 4. The molecule has 0 aromatic carbocycles. The predicted molar refractivity (Wildman–Crippen MR) is 85.6 cm³/mol. The van der Waals surface area contributed by atoms with Gasteiger partial charge < -0.3 is 19.3 Å². The number of morpholine rings is 1. The van der Waals surface area contributed by atoms with Crippen LogP contribution < -0.4 is 5.56 Å². The first-order chi connectivity index (χ1) is 11.4. The maximum Gasteiger partial charge on any atom is 0.254 e. The number of amides is 1. The minimum atomic E-state index is -0.391. The third-order valence-corrected chi connectivity index (χ3v) is 4.13. The highest BCUT2D eigenvalue weighted by molar-refractivity contribution is 5.76. The van der Waals surface area contributed by atoms with Crippen molar-refractivity contribution >= 4 is 5.91 Å². The molecule has 1 N–H and O–H groups in total. The topological polar surface area (TPSA) is 89.6 Å². The number of carbonyl (C=O) groups is 1. The second-order valence-corrected chi connectivity index (χ2v) is 5.93. The van der Waals surface area contributed by atoms with Gasteiger partial charge in [-0.3, -0.25) is 14.3 Å². The van der Waals surface area contributed by atoms with Gasteiger partial charge in [0, 0.05) is 37.1 Å². The van der Waals surface area contributed by atoms with Gasteiger partial charge in [-0.05, 0) is 13.0 Å². The summed E-state index contributed by atoms with van der Waals surface area (Å²) in [6.07, 6.45) is 3.38. The Balaban J connectivity index is 1.72. The lowest BCUT2D eigenvalue weighted by molar-refractivity contribution is -0.139. The molecule has 0 aliphatic carbocycles. The Labute approximate surface area is 138 Å². The number of ether oxygens (including phenoxy) is 1. The Morgan fingerprint density at radius 2 is 2.25 bits per heavy atom. The second-order valence-electron chi connectivity index (χ2n) is 5.93. The van der Waals surface area contributed by atoms with E-state index in [4.69, 9.17) is 4.74 Å².